The van der Waals surface area contributed by atoms with E-state index in [-0.39, 0.29) is 5.69 Å². The summed E-state index contributed by atoms with van der Waals surface area (Å²) < 4.78 is 41.0. The smallest absolute Gasteiger partial charge is 0.351 e. The minimum Gasteiger partial charge on any atom is -0.351 e. The highest BCUT2D eigenvalue weighted by Crippen LogP contribution is 2.28. The zero-order chi connectivity index (χ0) is 16.3. The highest BCUT2D eigenvalue weighted by molar-refractivity contribution is 9.10. The van der Waals surface area contributed by atoms with E-state index in [2.05, 4.69) is 31.4 Å². The Labute approximate surface area is 132 Å². The molecular formula is C12H13BrF3N5O. The molecule has 1 amide bonds. The van der Waals surface area contributed by atoms with Crippen LogP contribution in [-0.2, 0) is 19.8 Å². The molecule has 0 aliphatic heterocycles. The monoisotopic (exact) mass is 379 g/mol. The molecule has 2 aromatic heterocycles. The maximum atomic E-state index is 12.5. The number of aromatic nitrogens is 4. The minimum absolute atomic E-state index is 0.130. The third-order valence-corrected chi connectivity index (χ3v) is 3.26. The van der Waals surface area contributed by atoms with Crippen molar-refractivity contribution in [3.8, 4) is 0 Å². The van der Waals surface area contributed by atoms with Crippen molar-refractivity contribution >= 4 is 21.8 Å². The van der Waals surface area contributed by atoms with E-state index in [4.69, 9.17) is 0 Å². The van der Waals surface area contributed by atoms with Gasteiger partial charge < -0.3 is 5.32 Å². The van der Waals surface area contributed by atoms with Gasteiger partial charge in [-0.1, -0.05) is 0 Å². The standard InChI is InChI=1S/C12H13BrF3N5O/c1-20-9(5-10(19-20)12(14,15)16)11(22)17-3-2-4-21-7-8(13)6-18-21/h5-7H,2-4H2,1H3,(H,17,22). The summed E-state index contributed by atoms with van der Waals surface area (Å²) in [5.74, 6) is -0.591. The van der Waals surface area contributed by atoms with Crippen LogP contribution in [0.25, 0.3) is 0 Å². The second kappa shape index (κ2) is 6.51. The molecule has 0 saturated carbocycles. The van der Waals surface area contributed by atoms with Crippen molar-refractivity contribution in [2.75, 3.05) is 6.54 Å². The van der Waals surface area contributed by atoms with Crippen molar-refractivity contribution in [3.63, 3.8) is 0 Å². The van der Waals surface area contributed by atoms with Crippen molar-refractivity contribution in [2.24, 2.45) is 7.05 Å². The number of nitrogens with zero attached hydrogens (tertiary/aromatic N) is 4. The van der Waals surface area contributed by atoms with E-state index < -0.39 is 17.8 Å². The molecule has 0 saturated heterocycles. The van der Waals surface area contributed by atoms with Crippen molar-refractivity contribution in [3.05, 3.63) is 34.3 Å². The summed E-state index contributed by atoms with van der Waals surface area (Å²) in [4.78, 5) is 11.9. The Balaban J connectivity index is 1.86. The van der Waals surface area contributed by atoms with Gasteiger partial charge in [0.1, 0.15) is 5.69 Å². The SMILES string of the molecule is Cn1nc(C(F)(F)F)cc1C(=O)NCCCn1cc(Br)cn1. The van der Waals surface area contributed by atoms with Gasteiger partial charge in [-0.15, -0.1) is 0 Å². The van der Waals surface area contributed by atoms with Gasteiger partial charge in [0.2, 0.25) is 0 Å². The topological polar surface area (TPSA) is 64.7 Å². The average Bonchev–Trinajstić information content (AvgIpc) is 3.00. The molecule has 0 aromatic carbocycles. The molecule has 0 atom stereocenters. The van der Waals surface area contributed by atoms with Gasteiger partial charge in [0, 0.05) is 32.4 Å². The van der Waals surface area contributed by atoms with Crippen molar-refractivity contribution in [1.82, 2.24) is 24.9 Å². The first-order chi connectivity index (χ1) is 10.3. The van der Waals surface area contributed by atoms with Gasteiger partial charge in [0.15, 0.2) is 5.69 Å². The van der Waals surface area contributed by atoms with E-state index in [1.54, 1.807) is 17.1 Å². The third kappa shape index (κ3) is 4.09. The molecule has 0 bridgehead atoms. The van der Waals surface area contributed by atoms with Crippen LogP contribution >= 0.6 is 15.9 Å². The Morgan fingerprint density at radius 2 is 2.18 bits per heavy atom. The Kier molecular flexibility index (Phi) is 4.89. The number of carbonyl (C=O) groups is 1. The second-order valence-corrected chi connectivity index (χ2v) is 5.48. The zero-order valence-electron chi connectivity index (χ0n) is 11.6. The molecule has 0 aliphatic rings. The van der Waals surface area contributed by atoms with Crippen LogP contribution in [0.2, 0.25) is 0 Å². The summed E-state index contributed by atoms with van der Waals surface area (Å²) >= 11 is 3.27. The molecule has 0 radical (unpaired) electrons. The van der Waals surface area contributed by atoms with Crippen molar-refractivity contribution < 1.29 is 18.0 Å². The fourth-order valence-electron chi connectivity index (χ4n) is 1.81. The molecule has 2 aromatic rings. The van der Waals surface area contributed by atoms with Crippen LogP contribution in [0.5, 0.6) is 0 Å². The van der Waals surface area contributed by atoms with E-state index in [0.717, 1.165) is 15.2 Å². The number of hydrogen-bond acceptors (Lipinski definition) is 3. The van der Waals surface area contributed by atoms with Gasteiger partial charge in [-0.3, -0.25) is 14.2 Å². The van der Waals surface area contributed by atoms with Gasteiger partial charge in [0.05, 0.1) is 10.7 Å². The molecule has 22 heavy (non-hydrogen) atoms. The molecule has 0 fully saturated rings. The predicted octanol–water partition coefficient (Wildman–Crippen LogP) is 2.22. The molecule has 0 unspecified atom stereocenters. The highest BCUT2D eigenvalue weighted by Gasteiger charge is 2.35. The number of nitrogens with one attached hydrogen (secondary N) is 1. The van der Waals surface area contributed by atoms with Crippen LogP contribution in [-0.4, -0.2) is 32.0 Å². The van der Waals surface area contributed by atoms with Crippen molar-refractivity contribution in [1.29, 1.82) is 0 Å². The number of alkyl halides is 3. The molecule has 10 heteroatoms. The van der Waals surface area contributed by atoms with Crippen LogP contribution in [0.3, 0.4) is 0 Å². The van der Waals surface area contributed by atoms with Gasteiger partial charge in [-0.2, -0.15) is 23.4 Å². The highest BCUT2D eigenvalue weighted by atomic mass is 79.9. The van der Waals surface area contributed by atoms with Crippen molar-refractivity contribution in [2.45, 2.75) is 19.1 Å². The summed E-state index contributed by atoms with van der Waals surface area (Å²) in [6.45, 7) is 0.911. The normalized spacial score (nSPS) is 11.7. The number of carbonyl (C=O) groups excluding carboxylic acids is 1. The molecule has 1 N–H and O–H groups in total. The van der Waals surface area contributed by atoms with E-state index in [1.807, 2.05) is 0 Å². The molecule has 2 heterocycles. The summed E-state index contributed by atoms with van der Waals surface area (Å²) in [6.07, 6.45) is -0.529. The number of amides is 1. The van der Waals surface area contributed by atoms with Crippen LogP contribution < -0.4 is 5.32 Å². The first kappa shape index (κ1) is 16.5. The van der Waals surface area contributed by atoms with E-state index in [9.17, 15) is 18.0 Å². The molecule has 0 aliphatic carbocycles. The van der Waals surface area contributed by atoms with E-state index in [0.29, 0.717) is 19.5 Å². The van der Waals surface area contributed by atoms with Crippen LogP contribution in [0.4, 0.5) is 13.2 Å². The Morgan fingerprint density at radius 3 is 2.73 bits per heavy atom. The Morgan fingerprint density at radius 1 is 1.45 bits per heavy atom. The fourth-order valence-corrected chi connectivity index (χ4v) is 2.14. The van der Waals surface area contributed by atoms with Crippen LogP contribution in [0.15, 0.2) is 22.9 Å². The summed E-state index contributed by atoms with van der Waals surface area (Å²) in [5.41, 5.74) is -1.21. The molecular weight excluding hydrogens is 367 g/mol. The fraction of sp³-hybridized carbons (Fsp3) is 0.417. The summed E-state index contributed by atoms with van der Waals surface area (Å²) in [5, 5.41) is 9.91. The van der Waals surface area contributed by atoms with Crippen LogP contribution in [0.1, 0.15) is 22.6 Å². The molecule has 2 rings (SSSR count). The maximum Gasteiger partial charge on any atom is 0.435 e. The molecule has 120 valence electrons. The maximum absolute atomic E-state index is 12.5. The number of halogens is 4. The largest absolute Gasteiger partial charge is 0.435 e. The second-order valence-electron chi connectivity index (χ2n) is 4.57. The average molecular weight is 380 g/mol. The first-order valence-corrected chi connectivity index (χ1v) is 7.14. The van der Waals surface area contributed by atoms with Gasteiger partial charge in [-0.05, 0) is 22.4 Å². The van der Waals surface area contributed by atoms with Gasteiger partial charge in [-0.25, -0.2) is 0 Å². The number of hydrogen-bond donors (Lipinski definition) is 1. The molecule has 6 nitrogen and oxygen atoms in total. The summed E-state index contributed by atoms with van der Waals surface area (Å²) in [7, 11) is 1.30. The third-order valence-electron chi connectivity index (χ3n) is 2.85. The van der Waals surface area contributed by atoms with E-state index in [1.165, 1.54) is 7.05 Å². The Bertz CT molecular complexity index is 664. The minimum atomic E-state index is -4.57. The Hall–Kier alpha value is -1.84. The van der Waals surface area contributed by atoms with Gasteiger partial charge in [0.25, 0.3) is 5.91 Å². The molecule has 0 spiro atoms. The van der Waals surface area contributed by atoms with Gasteiger partial charge >= 0.3 is 6.18 Å². The zero-order valence-corrected chi connectivity index (χ0v) is 13.1. The predicted molar refractivity (Wildman–Crippen MR) is 75.1 cm³/mol. The quantitative estimate of drug-likeness (QED) is 0.810. The van der Waals surface area contributed by atoms with Crippen LogP contribution in [0, 0.1) is 0 Å². The summed E-state index contributed by atoms with van der Waals surface area (Å²) in [6, 6.07) is 0.736. The lowest BCUT2D eigenvalue weighted by Gasteiger charge is -2.05. The first-order valence-electron chi connectivity index (χ1n) is 6.35. The number of aryl methyl sites for hydroxylation is 2. The lowest BCUT2D eigenvalue weighted by atomic mass is 10.3. The number of rotatable bonds is 5. The lowest BCUT2D eigenvalue weighted by Crippen LogP contribution is -2.27. The lowest BCUT2D eigenvalue weighted by molar-refractivity contribution is -0.141. The van der Waals surface area contributed by atoms with E-state index >= 15 is 0 Å².